The quantitative estimate of drug-likeness (QED) is 0.241. The minimum absolute atomic E-state index is 0.166. The third-order valence-electron chi connectivity index (χ3n) is 3.62. The van der Waals surface area contributed by atoms with Gasteiger partial charge in [-0.25, -0.2) is 5.01 Å². The first kappa shape index (κ1) is 25.7. The summed E-state index contributed by atoms with van der Waals surface area (Å²) in [5.41, 5.74) is 0. The van der Waals surface area contributed by atoms with Crippen molar-refractivity contribution in [3.8, 4) is 0 Å². The van der Waals surface area contributed by atoms with Gasteiger partial charge in [-0.15, -0.1) is 0 Å². The summed E-state index contributed by atoms with van der Waals surface area (Å²) >= 11 is 0. The van der Waals surface area contributed by atoms with Gasteiger partial charge in [0.1, 0.15) is 12.5 Å². The maximum atomic E-state index is 9.92. The van der Waals surface area contributed by atoms with Crippen LogP contribution in [0, 0.1) is 0 Å². The van der Waals surface area contributed by atoms with Gasteiger partial charge in [0, 0.05) is 13.1 Å². The zero-order valence-electron chi connectivity index (χ0n) is 17.2. The molecule has 0 fully saturated rings. The highest BCUT2D eigenvalue weighted by Crippen LogP contribution is 2.20. The normalized spacial score (nSPS) is 19.4. The van der Waals surface area contributed by atoms with Crippen molar-refractivity contribution in [2.24, 2.45) is 0 Å². The van der Waals surface area contributed by atoms with E-state index in [4.69, 9.17) is 9.47 Å². The number of aliphatic hydroxyl groups is 4. The van der Waals surface area contributed by atoms with E-state index in [1.807, 2.05) is 23.9 Å². The molecule has 0 heterocycles. The molecule has 0 aliphatic carbocycles. The number of hydrogen-bond donors (Lipinski definition) is 4. The van der Waals surface area contributed by atoms with E-state index in [0.717, 1.165) is 0 Å². The summed E-state index contributed by atoms with van der Waals surface area (Å²) in [7, 11) is 0. The van der Waals surface area contributed by atoms with E-state index < -0.39 is 36.9 Å². The zero-order valence-corrected chi connectivity index (χ0v) is 17.2. The molecule has 0 spiro atoms. The van der Waals surface area contributed by atoms with Gasteiger partial charge in [-0.1, -0.05) is 13.8 Å². The molecule has 158 valence electrons. The maximum Gasteiger partial charge on any atom is 0.125 e. The Balaban J connectivity index is 5.59. The van der Waals surface area contributed by atoms with Crippen LogP contribution in [-0.2, 0) is 9.47 Å². The van der Waals surface area contributed by atoms with Crippen molar-refractivity contribution in [3.63, 3.8) is 0 Å². The summed E-state index contributed by atoms with van der Waals surface area (Å²) in [6.07, 6.45) is -1.99. The Morgan fingerprint density at radius 2 is 1.00 bits per heavy atom. The summed E-state index contributed by atoms with van der Waals surface area (Å²) in [6, 6.07) is 0. The third kappa shape index (κ3) is 10.7. The molecule has 0 radical (unpaired) electrons. The van der Waals surface area contributed by atoms with Crippen LogP contribution in [0.4, 0.5) is 0 Å². The predicted molar refractivity (Wildman–Crippen MR) is 100 cm³/mol. The first-order valence-electron chi connectivity index (χ1n) is 9.60. The molecular formula is C18H40N2O6. The molecule has 4 N–H and O–H groups in total. The van der Waals surface area contributed by atoms with Crippen LogP contribution in [0.25, 0.3) is 0 Å². The molecule has 0 aromatic heterocycles. The summed E-state index contributed by atoms with van der Waals surface area (Å²) in [5.74, 6) is 0. The highest BCUT2D eigenvalue weighted by Gasteiger charge is 2.32. The van der Waals surface area contributed by atoms with Crippen LogP contribution >= 0.6 is 0 Å². The van der Waals surface area contributed by atoms with Crippen LogP contribution in [-0.4, -0.2) is 93.6 Å². The van der Waals surface area contributed by atoms with Crippen LogP contribution in [0.15, 0.2) is 0 Å². The fraction of sp³-hybridized carbons (Fsp3) is 1.00. The molecule has 0 aliphatic rings. The first-order chi connectivity index (χ1) is 12.1. The van der Waals surface area contributed by atoms with Gasteiger partial charge in [0.05, 0.1) is 37.6 Å². The molecule has 0 aromatic rings. The number of hydrogen-bond acceptors (Lipinski definition) is 8. The van der Waals surface area contributed by atoms with Gasteiger partial charge in [0.2, 0.25) is 0 Å². The smallest absolute Gasteiger partial charge is 0.125 e. The summed E-state index contributed by atoms with van der Waals surface area (Å²) < 4.78 is 11.8. The standard InChI is InChI=1S/C18H40N2O6/c1-7-17(25-11-15(5)23)20(18(8-2)26-12-16(6)24)19(9-13(3)21)10-14(4)22/h13-18,21-24H,7-12H2,1-6H3. The highest BCUT2D eigenvalue weighted by atomic mass is 16.5. The van der Waals surface area contributed by atoms with Crippen molar-refractivity contribution in [2.75, 3.05) is 26.3 Å². The second-order valence-electron chi connectivity index (χ2n) is 7.04. The lowest BCUT2D eigenvalue weighted by Crippen LogP contribution is -2.59. The number of aliphatic hydroxyl groups excluding tert-OH is 4. The Hall–Kier alpha value is -0.320. The van der Waals surface area contributed by atoms with Gasteiger partial charge in [-0.3, -0.25) is 0 Å². The Morgan fingerprint density at radius 3 is 1.23 bits per heavy atom. The fourth-order valence-corrected chi connectivity index (χ4v) is 2.69. The Morgan fingerprint density at radius 1 is 0.654 bits per heavy atom. The molecule has 0 aliphatic heterocycles. The molecule has 0 saturated carbocycles. The van der Waals surface area contributed by atoms with Gasteiger partial charge in [-0.05, 0) is 40.5 Å². The Bertz CT molecular complexity index is 312. The van der Waals surface area contributed by atoms with Crippen molar-refractivity contribution in [3.05, 3.63) is 0 Å². The van der Waals surface area contributed by atoms with E-state index in [9.17, 15) is 20.4 Å². The van der Waals surface area contributed by atoms with E-state index in [1.165, 1.54) is 0 Å². The molecule has 0 saturated heterocycles. The number of rotatable bonds is 15. The molecule has 0 amide bonds. The average Bonchev–Trinajstić information content (AvgIpc) is 2.51. The summed E-state index contributed by atoms with van der Waals surface area (Å²) in [6.45, 7) is 11.5. The number of ether oxygens (including phenoxy) is 2. The lowest BCUT2D eigenvalue weighted by atomic mass is 10.3. The molecule has 26 heavy (non-hydrogen) atoms. The van der Waals surface area contributed by atoms with Crippen LogP contribution in [0.5, 0.6) is 0 Å². The lowest BCUT2D eigenvalue weighted by Gasteiger charge is -2.45. The molecule has 0 rings (SSSR count). The van der Waals surface area contributed by atoms with Crippen LogP contribution in [0.1, 0.15) is 54.4 Å². The minimum atomic E-state index is -0.611. The molecular weight excluding hydrogens is 340 g/mol. The Labute approximate surface area is 158 Å². The van der Waals surface area contributed by atoms with Crippen molar-refractivity contribution < 1.29 is 29.9 Å². The van der Waals surface area contributed by atoms with Crippen molar-refractivity contribution in [2.45, 2.75) is 91.3 Å². The molecule has 8 nitrogen and oxygen atoms in total. The highest BCUT2D eigenvalue weighted by molar-refractivity contribution is 4.71. The van der Waals surface area contributed by atoms with Gasteiger partial charge >= 0.3 is 0 Å². The summed E-state index contributed by atoms with van der Waals surface area (Å²) in [5, 5.41) is 42.7. The monoisotopic (exact) mass is 380 g/mol. The van der Waals surface area contributed by atoms with Crippen molar-refractivity contribution in [1.29, 1.82) is 0 Å². The fourth-order valence-electron chi connectivity index (χ4n) is 2.69. The van der Waals surface area contributed by atoms with Crippen molar-refractivity contribution in [1.82, 2.24) is 10.0 Å². The van der Waals surface area contributed by atoms with Crippen molar-refractivity contribution >= 4 is 0 Å². The SMILES string of the molecule is CCC(OCC(C)O)N(C(CC)OCC(C)O)N(CC(C)O)CC(C)O. The molecule has 6 unspecified atom stereocenters. The molecule has 0 bridgehead atoms. The predicted octanol–water partition coefficient (Wildman–Crippen LogP) is 0.534. The first-order valence-corrected chi connectivity index (χ1v) is 9.60. The van der Waals surface area contributed by atoms with E-state index in [0.29, 0.717) is 25.9 Å². The van der Waals surface area contributed by atoms with Crippen LogP contribution < -0.4 is 0 Å². The average molecular weight is 381 g/mol. The number of hydrazine groups is 1. The zero-order chi connectivity index (χ0) is 20.3. The van der Waals surface area contributed by atoms with Crippen LogP contribution in [0.2, 0.25) is 0 Å². The second-order valence-corrected chi connectivity index (χ2v) is 7.04. The Kier molecular flexibility index (Phi) is 13.6. The number of nitrogens with zero attached hydrogens (tertiary/aromatic N) is 2. The van der Waals surface area contributed by atoms with Gasteiger partial charge in [0.25, 0.3) is 0 Å². The summed E-state index contributed by atoms with van der Waals surface area (Å²) in [4.78, 5) is 0. The topological polar surface area (TPSA) is 106 Å². The van der Waals surface area contributed by atoms with E-state index in [-0.39, 0.29) is 13.2 Å². The van der Waals surface area contributed by atoms with E-state index in [1.54, 1.807) is 27.7 Å². The largest absolute Gasteiger partial charge is 0.392 e. The third-order valence-corrected chi connectivity index (χ3v) is 3.62. The van der Waals surface area contributed by atoms with Crippen LogP contribution in [0.3, 0.4) is 0 Å². The minimum Gasteiger partial charge on any atom is -0.392 e. The second kappa shape index (κ2) is 13.8. The van der Waals surface area contributed by atoms with Gasteiger partial charge < -0.3 is 29.9 Å². The molecule has 8 heteroatoms. The van der Waals surface area contributed by atoms with E-state index in [2.05, 4.69) is 0 Å². The maximum absolute atomic E-state index is 9.92. The molecule has 6 atom stereocenters. The van der Waals surface area contributed by atoms with Gasteiger partial charge in [-0.2, -0.15) is 5.01 Å². The van der Waals surface area contributed by atoms with E-state index >= 15 is 0 Å². The van der Waals surface area contributed by atoms with Gasteiger partial charge in [0.15, 0.2) is 0 Å². The lowest BCUT2D eigenvalue weighted by molar-refractivity contribution is -0.262. The molecule has 0 aromatic carbocycles.